The second kappa shape index (κ2) is 2.77. The SMILES string of the molecule is CCC1(CC)CC=C(C)C1. The third kappa shape index (κ3) is 1.25. The number of rotatable bonds is 2. The summed E-state index contributed by atoms with van der Waals surface area (Å²) in [6.45, 7) is 6.89. The first kappa shape index (κ1) is 7.84. The van der Waals surface area contributed by atoms with Crippen molar-refractivity contribution in [3.8, 4) is 0 Å². The maximum Gasteiger partial charge on any atom is -0.0231 e. The predicted molar refractivity (Wildman–Crippen MR) is 46.0 cm³/mol. The fourth-order valence-electron chi connectivity index (χ4n) is 1.92. The molecule has 10 heavy (non-hydrogen) atoms. The second-order valence-corrected chi connectivity index (χ2v) is 3.64. The highest BCUT2D eigenvalue weighted by atomic mass is 14.3. The summed E-state index contributed by atoms with van der Waals surface area (Å²) in [5, 5.41) is 0. The Morgan fingerprint density at radius 1 is 1.40 bits per heavy atom. The van der Waals surface area contributed by atoms with Crippen LogP contribution in [0.2, 0.25) is 0 Å². The van der Waals surface area contributed by atoms with Crippen LogP contribution in [0.3, 0.4) is 0 Å². The van der Waals surface area contributed by atoms with Gasteiger partial charge < -0.3 is 0 Å². The molecule has 0 heteroatoms. The zero-order valence-corrected chi connectivity index (χ0v) is 7.41. The van der Waals surface area contributed by atoms with Crippen LogP contribution >= 0.6 is 0 Å². The molecular weight excluding hydrogens is 120 g/mol. The summed E-state index contributed by atoms with van der Waals surface area (Å²) in [6.07, 6.45) is 7.77. The van der Waals surface area contributed by atoms with Gasteiger partial charge in [0.25, 0.3) is 0 Å². The van der Waals surface area contributed by atoms with Gasteiger partial charge in [-0.25, -0.2) is 0 Å². The lowest BCUT2D eigenvalue weighted by Gasteiger charge is -2.25. The Labute approximate surface area is 64.3 Å². The molecule has 1 aliphatic carbocycles. The highest BCUT2D eigenvalue weighted by Gasteiger charge is 2.28. The summed E-state index contributed by atoms with van der Waals surface area (Å²) in [5.74, 6) is 0. The fraction of sp³-hybridized carbons (Fsp3) is 0.800. The van der Waals surface area contributed by atoms with E-state index in [9.17, 15) is 0 Å². The van der Waals surface area contributed by atoms with E-state index in [-0.39, 0.29) is 0 Å². The molecule has 0 saturated carbocycles. The second-order valence-electron chi connectivity index (χ2n) is 3.64. The zero-order chi connectivity index (χ0) is 7.61. The van der Waals surface area contributed by atoms with Gasteiger partial charge in [0.05, 0.1) is 0 Å². The van der Waals surface area contributed by atoms with Crippen molar-refractivity contribution < 1.29 is 0 Å². The normalized spacial score (nSPS) is 22.9. The average molecular weight is 138 g/mol. The van der Waals surface area contributed by atoms with E-state index in [4.69, 9.17) is 0 Å². The highest BCUT2D eigenvalue weighted by Crippen LogP contribution is 2.42. The molecule has 1 rings (SSSR count). The van der Waals surface area contributed by atoms with Crippen molar-refractivity contribution in [1.29, 1.82) is 0 Å². The van der Waals surface area contributed by atoms with E-state index in [0.717, 1.165) is 0 Å². The summed E-state index contributed by atoms with van der Waals surface area (Å²) in [5.41, 5.74) is 2.26. The first-order valence-corrected chi connectivity index (χ1v) is 4.38. The summed E-state index contributed by atoms with van der Waals surface area (Å²) < 4.78 is 0. The Kier molecular flexibility index (Phi) is 2.18. The smallest absolute Gasteiger partial charge is 0.0231 e. The molecule has 0 nitrogen and oxygen atoms in total. The van der Waals surface area contributed by atoms with Gasteiger partial charge in [0, 0.05) is 0 Å². The molecule has 0 atom stereocenters. The van der Waals surface area contributed by atoms with Crippen LogP contribution in [0.15, 0.2) is 11.6 Å². The third-order valence-electron chi connectivity index (χ3n) is 3.04. The van der Waals surface area contributed by atoms with Crippen molar-refractivity contribution >= 4 is 0 Å². The van der Waals surface area contributed by atoms with Gasteiger partial charge in [-0.1, -0.05) is 25.5 Å². The molecule has 0 aromatic heterocycles. The molecule has 0 saturated heterocycles. The van der Waals surface area contributed by atoms with Crippen molar-refractivity contribution in [3.05, 3.63) is 11.6 Å². The molecule has 0 aromatic rings. The fourth-order valence-corrected chi connectivity index (χ4v) is 1.92. The first-order chi connectivity index (χ1) is 4.72. The van der Waals surface area contributed by atoms with E-state index in [2.05, 4.69) is 26.8 Å². The van der Waals surface area contributed by atoms with Crippen molar-refractivity contribution in [2.75, 3.05) is 0 Å². The standard InChI is InChI=1S/C10H18/c1-4-10(5-2)7-6-9(3)8-10/h6H,4-5,7-8H2,1-3H3. The van der Waals surface area contributed by atoms with Crippen LogP contribution in [0.4, 0.5) is 0 Å². The lowest BCUT2D eigenvalue weighted by atomic mass is 9.79. The Balaban J connectivity index is 2.57. The molecule has 0 radical (unpaired) electrons. The molecular formula is C10H18. The first-order valence-electron chi connectivity index (χ1n) is 4.38. The average Bonchev–Trinajstić information content (AvgIpc) is 2.33. The van der Waals surface area contributed by atoms with Gasteiger partial charge in [0.2, 0.25) is 0 Å². The Morgan fingerprint density at radius 2 is 2.00 bits per heavy atom. The van der Waals surface area contributed by atoms with Crippen molar-refractivity contribution in [2.45, 2.75) is 46.5 Å². The van der Waals surface area contributed by atoms with E-state index < -0.39 is 0 Å². The minimum absolute atomic E-state index is 0.657. The van der Waals surface area contributed by atoms with E-state index in [1.165, 1.54) is 25.7 Å². The largest absolute Gasteiger partial charge is 0.0850 e. The molecule has 0 fully saturated rings. The molecule has 0 unspecified atom stereocenters. The third-order valence-corrected chi connectivity index (χ3v) is 3.04. The summed E-state index contributed by atoms with van der Waals surface area (Å²) in [4.78, 5) is 0. The van der Waals surface area contributed by atoms with Crippen LogP contribution < -0.4 is 0 Å². The minimum atomic E-state index is 0.657. The maximum atomic E-state index is 2.41. The quantitative estimate of drug-likeness (QED) is 0.512. The van der Waals surface area contributed by atoms with Crippen molar-refractivity contribution in [1.82, 2.24) is 0 Å². The number of allylic oxidation sites excluding steroid dienone is 2. The molecule has 1 aliphatic rings. The van der Waals surface area contributed by atoms with Gasteiger partial charge >= 0.3 is 0 Å². The number of hydrogen-bond donors (Lipinski definition) is 0. The molecule has 0 heterocycles. The van der Waals surface area contributed by atoms with Crippen LogP contribution in [0.1, 0.15) is 46.5 Å². The van der Waals surface area contributed by atoms with E-state index in [1.807, 2.05) is 0 Å². The molecule has 0 aliphatic heterocycles. The molecule has 0 amide bonds. The van der Waals surface area contributed by atoms with Crippen LogP contribution in [0.25, 0.3) is 0 Å². The minimum Gasteiger partial charge on any atom is -0.0850 e. The molecule has 0 spiro atoms. The molecule has 58 valence electrons. The van der Waals surface area contributed by atoms with Gasteiger partial charge in [-0.05, 0) is 38.0 Å². The summed E-state index contributed by atoms with van der Waals surface area (Å²) in [7, 11) is 0. The molecule has 0 N–H and O–H groups in total. The predicted octanol–water partition coefficient (Wildman–Crippen LogP) is 3.53. The molecule has 0 bridgehead atoms. The van der Waals surface area contributed by atoms with Crippen molar-refractivity contribution in [3.63, 3.8) is 0 Å². The highest BCUT2D eigenvalue weighted by molar-refractivity contribution is 5.11. The van der Waals surface area contributed by atoms with Gasteiger partial charge in [0.15, 0.2) is 0 Å². The zero-order valence-electron chi connectivity index (χ0n) is 7.41. The lowest BCUT2D eigenvalue weighted by Crippen LogP contribution is -2.13. The van der Waals surface area contributed by atoms with E-state index in [1.54, 1.807) is 5.57 Å². The van der Waals surface area contributed by atoms with Crippen LogP contribution in [0.5, 0.6) is 0 Å². The van der Waals surface area contributed by atoms with Crippen molar-refractivity contribution in [2.24, 2.45) is 5.41 Å². The maximum absolute atomic E-state index is 2.41. The Morgan fingerprint density at radius 3 is 2.20 bits per heavy atom. The summed E-state index contributed by atoms with van der Waals surface area (Å²) in [6, 6.07) is 0. The van der Waals surface area contributed by atoms with Gasteiger partial charge in [0.1, 0.15) is 0 Å². The van der Waals surface area contributed by atoms with E-state index >= 15 is 0 Å². The molecule has 0 aromatic carbocycles. The van der Waals surface area contributed by atoms with Crippen LogP contribution in [-0.4, -0.2) is 0 Å². The summed E-state index contributed by atoms with van der Waals surface area (Å²) >= 11 is 0. The lowest BCUT2D eigenvalue weighted by molar-refractivity contribution is 0.281. The van der Waals surface area contributed by atoms with Gasteiger partial charge in [-0.3, -0.25) is 0 Å². The number of hydrogen-bond acceptors (Lipinski definition) is 0. The van der Waals surface area contributed by atoms with Crippen LogP contribution in [-0.2, 0) is 0 Å². The topological polar surface area (TPSA) is 0 Å². The van der Waals surface area contributed by atoms with Crippen LogP contribution in [0, 0.1) is 5.41 Å². The Hall–Kier alpha value is -0.260. The monoisotopic (exact) mass is 138 g/mol. The van der Waals surface area contributed by atoms with Gasteiger partial charge in [-0.15, -0.1) is 0 Å². The van der Waals surface area contributed by atoms with Gasteiger partial charge in [-0.2, -0.15) is 0 Å². The van der Waals surface area contributed by atoms with E-state index in [0.29, 0.717) is 5.41 Å². The Bertz CT molecular complexity index is 138.